The number of halogens is 3. The van der Waals surface area contributed by atoms with Gasteiger partial charge in [-0.05, 0) is 17.5 Å². The van der Waals surface area contributed by atoms with Crippen LogP contribution in [0.3, 0.4) is 0 Å². The molecule has 0 spiro atoms. The van der Waals surface area contributed by atoms with Gasteiger partial charge >= 0.3 is 12.2 Å². The number of rotatable bonds is 2. The zero-order valence-corrected chi connectivity index (χ0v) is 15.2. The molecule has 9 heteroatoms. The van der Waals surface area contributed by atoms with E-state index in [-0.39, 0.29) is 42.2 Å². The quantitative estimate of drug-likeness (QED) is 0.829. The Bertz CT molecular complexity index is 747. The van der Waals surface area contributed by atoms with Gasteiger partial charge in [-0.25, -0.2) is 4.79 Å². The minimum Gasteiger partial charge on any atom is -0.366 e. The summed E-state index contributed by atoms with van der Waals surface area (Å²) in [5, 5.41) is 2.88. The number of nitrogens with zero attached hydrogens (tertiary/aromatic N) is 2. The van der Waals surface area contributed by atoms with Gasteiger partial charge in [-0.2, -0.15) is 13.2 Å². The van der Waals surface area contributed by atoms with Crippen LogP contribution in [0.5, 0.6) is 0 Å². The van der Waals surface area contributed by atoms with Crippen LogP contribution in [0.2, 0.25) is 0 Å². The van der Waals surface area contributed by atoms with Crippen molar-refractivity contribution in [3.8, 4) is 0 Å². The number of urea groups is 1. The van der Waals surface area contributed by atoms with E-state index >= 15 is 0 Å². The molecule has 1 N–H and O–H groups in total. The number of ether oxygens (including phenoxy) is 1. The van der Waals surface area contributed by atoms with E-state index in [1.807, 2.05) is 0 Å². The number of piperidine rings is 1. The average molecular weight is 397 g/mol. The van der Waals surface area contributed by atoms with Crippen molar-refractivity contribution in [3.05, 3.63) is 35.4 Å². The zero-order valence-electron chi connectivity index (χ0n) is 15.2. The van der Waals surface area contributed by atoms with Crippen LogP contribution in [0.15, 0.2) is 24.3 Å². The fourth-order valence-corrected chi connectivity index (χ4v) is 4.06. The summed E-state index contributed by atoms with van der Waals surface area (Å²) < 4.78 is 42.8. The maximum Gasteiger partial charge on any atom is 0.393 e. The Morgan fingerprint density at radius 3 is 2.54 bits per heavy atom. The summed E-state index contributed by atoms with van der Waals surface area (Å²) in [5.74, 6) is -0.0207. The van der Waals surface area contributed by atoms with Gasteiger partial charge in [0.2, 0.25) is 5.91 Å². The molecule has 3 aliphatic rings. The van der Waals surface area contributed by atoms with Crippen LogP contribution in [0, 0.1) is 0 Å². The molecule has 3 heterocycles. The highest BCUT2D eigenvalue weighted by atomic mass is 19.4. The number of fused-ring (bicyclic) bond motifs is 1. The highest BCUT2D eigenvalue weighted by molar-refractivity contribution is 5.79. The minimum absolute atomic E-state index is 0.0406. The highest BCUT2D eigenvalue weighted by Gasteiger charge is 2.40. The number of benzene rings is 1. The molecule has 3 fully saturated rings. The third kappa shape index (κ3) is 4.09. The van der Waals surface area contributed by atoms with Gasteiger partial charge in [0.1, 0.15) is 6.61 Å². The van der Waals surface area contributed by atoms with Gasteiger partial charge in [0, 0.05) is 32.1 Å². The first-order valence-corrected chi connectivity index (χ1v) is 9.39. The predicted octanol–water partition coefficient (Wildman–Crippen LogP) is 1.90. The second-order valence-electron chi connectivity index (χ2n) is 7.68. The lowest BCUT2D eigenvalue weighted by molar-refractivity contribution is -0.139. The fourth-order valence-electron chi connectivity index (χ4n) is 4.06. The Kier molecular flexibility index (Phi) is 4.95. The van der Waals surface area contributed by atoms with Crippen LogP contribution in [-0.4, -0.2) is 72.8 Å². The van der Waals surface area contributed by atoms with Gasteiger partial charge in [-0.3, -0.25) is 4.79 Å². The summed E-state index contributed by atoms with van der Waals surface area (Å²) in [6.07, 6.45) is -4.49. The van der Waals surface area contributed by atoms with Gasteiger partial charge in [0.25, 0.3) is 0 Å². The van der Waals surface area contributed by atoms with Crippen LogP contribution in [0.4, 0.5) is 18.0 Å². The first kappa shape index (κ1) is 19.0. The van der Waals surface area contributed by atoms with E-state index in [0.717, 1.165) is 5.56 Å². The van der Waals surface area contributed by atoms with E-state index < -0.39 is 12.6 Å². The summed E-state index contributed by atoms with van der Waals surface area (Å²) in [6, 6.07) is 6.20. The number of alkyl halides is 3. The molecule has 3 amide bonds. The predicted molar refractivity (Wildman–Crippen MR) is 93.8 cm³/mol. The van der Waals surface area contributed by atoms with E-state index in [2.05, 4.69) is 5.32 Å². The molecular formula is C19H22F3N3O3. The average Bonchev–Trinajstić information content (AvgIpc) is 2.60. The topological polar surface area (TPSA) is 61.9 Å². The summed E-state index contributed by atoms with van der Waals surface area (Å²) >= 11 is 0. The third-order valence-corrected chi connectivity index (χ3v) is 5.60. The van der Waals surface area contributed by atoms with Crippen LogP contribution in [-0.2, 0) is 16.0 Å². The number of amides is 3. The molecule has 4 rings (SSSR count). The Morgan fingerprint density at radius 2 is 1.86 bits per heavy atom. The van der Waals surface area contributed by atoms with Crippen LogP contribution in [0.1, 0.15) is 23.5 Å². The highest BCUT2D eigenvalue weighted by Crippen LogP contribution is 2.30. The fraction of sp³-hybridized carbons (Fsp3) is 0.579. The minimum atomic E-state index is -4.21. The molecule has 0 saturated carbocycles. The molecule has 0 aromatic heterocycles. The van der Waals surface area contributed by atoms with E-state index in [1.165, 1.54) is 12.1 Å². The smallest absolute Gasteiger partial charge is 0.366 e. The number of carbonyl (C=O) groups is 2. The Hall–Kier alpha value is -2.29. The maximum absolute atomic E-state index is 12.7. The maximum atomic E-state index is 12.7. The monoisotopic (exact) mass is 397 g/mol. The Morgan fingerprint density at radius 1 is 1.14 bits per heavy atom. The van der Waals surface area contributed by atoms with E-state index in [0.29, 0.717) is 32.6 Å². The number of carbonyl (C=O) groups excluding carboxylic acids is 2. The number of nitrogens with one attached hydrogen (secondary N) is 1. The largest absolute Gasteiger partial charge is 0.393 e. The number of hydrogen-bond donors (Lipinski definition) is 1. The first-order valence-electron chi connectivity index (χ1n) is 9.39. The number of hydrogen-bond acceptors (Lipinski definition) is 3. The van der Waals surface area contributed by atoms with Crippen molar-refractivity contribution in [1.82, 2.24) is 15.1 Å². The molecule has 1 aromatic carbocycles. The van der Waals surface area contributed by atoms with Crippen molar-refractivity contribution in [3.63, 3.8) is 0 Å². The Balaban J connectivity index is 1.29. The van der Waals surface area contributed by atoms with Crippen molar-refractivity contribution in [1.29, 1.82) is 0 Å². The number of morpholine rings is 1. The zero-order chi connectivity index (χ0) is 19.9. The summed E-state index contributed by atoms with van der Waals surface area (Å²) in [5.41, 5.74) is 1.18. The normalized spacial score (nSPS) is 25.8. The van der Waals surface area contributed by atoms with Gasteiger partial charge in [0.15, 0.2) is 0 Å². The molecule has 28 heavy (non-hydrogen) atoms. The van der Waals surface area contributed by atoms with Gasteiger partial charge in [0.05, 0.1) is 18.6 Å². The summed E-state index contributed by atoms with van der Waals surface area (Å²) in [4.78, 5) is 27.7. The van der Waals surface area contributed by atoms with Crippen LogP contribution < -0.4 is 5.32 Å². The molecule has 2 unspecified atom stereocenters. The van der Waals surface area contributed by atoms with E-state index in [4.69, 9.17) is 4.74 Å². The second-order valence-corrected chi connectivity index (χ2v) is 7.68. The molecule has 0 radical (unpaired) electrons. The van der Waals surface area contributed by atoms with Crippen molar-refractivity contribution >= 4 is 11.9 Å². The molecule has 6 nitrogen and oxygen atoms in total. The van der Waals surface area contributed by atoms with Crippen molar-refractivity contribution in [2.45, 2.75) is 37.1 Å². The van der Waals surface area contributed by atoms with Gasteiger partial charge in [-0.1, -0.05) is 24.3 Å². The lowest BCUT2D eigenvalue weighted by atomic mass is 9.90. The molecule has 3 aliphatic heterocycles. The van der Waals surface area contributed by atoms with Gasteiger partial charge in [-0.15, -0.1) is 0 Å². The van der Waals surface area contributed by atoms with Crippen LogP contribution in [0.25, 0.3) is 0 Å². The van der Waals surface area contributed by atoms with Crippen LogP contribution >= 0.6 is 0 Å². The molecule has 0 aliphatic carbocycles. The molecule has 0 bridgehead atoms. The lowest BCUT2D eigenvalue weighted by Crippen LogP contribution is -2.63. The first-order chi connectivity index (χ1) is 13.3. The van der Waals surface area contributed by atoms with Gasteiger partial charge < -0.3 is 19.9 Å². The molecular weight excluding hydrogens is 375 g/mol. The summed E-state index contributed by atoms with van der Waals surface area (Å²) in [7, 11) is 0. The summed E-state index contributed by atoms with van der Waals surface area (Å²) in [6.45, 7) is 2.19. The Labute approximate surface area is 160 Å². The third-order valence-electron chi connectivity index (χ3n) is 5.60. The van der Waals surface area contributed by atoms with E-state index in [1.54, 1.807) is 21.9 Å². The second kappa shape index (κ2) is 7.27. The van der Waals surface area contributed by atoms with Crippen molar-refractivity contribution in [2.75, 3.05) is 32.8 Å². The molecule has 1 aromatic rings. The lowest BCUT2D eigenvalue weighted by Gasteiger charge is -2.46. The van der Waals surface area contributed by atoms with Crippen molar-refractivity contribution < 1.29 is 27.5 Å². The molecule has 152 valence electrons. The molecule has 3 saturated heterocycles. The van der Waals surface area contributed by atoms with E-state index in [9.17, 15) is 22.8 Å². The SMILES string of the molecule is O=C1COC2CCN(C(=O)N3CC(c4ccc(CC(F)(F)F)cc4)C3)CC2N1. The standard InChI is InChI=1S/C19H22F3N3O3/c20-19(21,22)7-12-1-3-13(4-2-12)14-8-25(9-14)18(27)24-6-5-16-15(10-24)23-17(26)11-28-16/h1-4,14-16H,5-11H2,(H,23,26). The number of likely N-dealkylation sites (tertiary alicyclic amines) is 2. The molecule has 2 atom stereocenters. The van der Waals surface area contributed by atoms with Crippen molar-refractivity contribution in [2.24, 2.45) is 0 Å².